The minimum Gasteiger partial charge on any atom is -0.444 e. The maximum absolute atomic E-state index is 12.1. The largest absolute Gasteiger partial charge is 0.444 e. The molecule has 1 rings (SSSR count). The molecule has 0 aliphatic carbocycles. The van der Waals surface area contributed by atoms with Crippen molar-refractivity contribution < 1.29 is 9.53 Å². The molecule has 120 valence electrons. The average molecular weight is 295 g/mol. The van der Waals surface area contributed by atoms with Crippen LogP contribution in [-0.2, 0) is 4.74 Å². The summed E-state index contributed by atoms with van der Waals surface area (Å²) in [4.78, 5) is 13.9. The van der Waals surface area contributed by atoms with Crippen molar-refractivity contribution in [2.75, 3.05) is 26.2 Å². The Hall–Kier alpha value is -1.28. The van der Waals surface area contributed by atoms with Crippen LogP contribution in [0.2, 0.25) is 0 Å². The van der Waals surface area contributed by atoms with Crippen LogP contribution >= 0.6 is 0 Å². The molecule has 5 nitrogen and oxygen atoms in total. The van der Waals surface area contributed by atoms with Gasteiger partial charge in [0.05, 0.1) is 11.5 Å². The van der Waals surface area contributed by atoms with Crippen molar-refractivity contribution in [3.8, 4) is 6.07 Å². The molecule has 1 aliphatic rings. The van der Waals surface area contributed by atoms with Gasteiger partial charge in [0.1, 0.15) is 5.60 Å². The second-order valence-electron chi connectivity index (χ2n) is 7.56. The minimum absolute atomic E-state index is 0.218. The number of likely N-dealkylation sites (tertiary alicyclic amines) is 1. The van der Waals surface area contributed by atoms with Crippen LogP contribution in [-0.4, -0.2) is 42.8 Å². The third-order valence-corrected chi connectivity index (χ3v) is 3.47. The maximum atomic E-state index is 12.1. The van der Waals surface area contributed by atoms with Gasteiger partial charge in [-0.25, -0.2) is 4.79 Å². The van der Waals surface area contributed by atoms with Crippen molar-refractivity contribution in [2.24, 2.45) is 11.3 Å². The van der Waals surface area contributed by atoms with Gasteiger partial charge in [0.15, 0.2) is 0 Å². The van der Waals surface area contributed by atoms with E-state index in [0.29, 0.717) is 12.5 Å². The molecule has 1 heterocycles. The first-order chi connectivity index (χ1) is 9.63. The Morgan fingerprint density at radius 2 is 2.05 bits per heavy atom. The van der Waals surface area contributed by atoms with E-state index in [1.165, 1.54) is 0 Å². The van der Waals surface area contributed by atoms with E-state index in [0.717, 1.165) is 32.5 Å². The van der Waals surface area contributed by atoms with Crippen LogP contribution in [0, 0.1) is 22.7 Å². The quantitative estimate of drug-likeness (QED) is 0.866. The number of hydrogen-bond acceptors (Lipinski definition) is 4. The van der Waals surface area contributed by atoms with Gasteiger partial charge >= 0.3 is 6.09 Å². The topological polar surface area (TPSA) is 65.4 Å². The van der Waals surface area contributed by atoms with E-state index in [4.69, 9.17) is 10.00 Å². The number of nitrogens with zero attached hydrogens (tertiary/aromatic N) is 2. The van der Waals surface area contributed by atoms with Crippen LogP contribution in [0.4, 0.5) is 4.79 Å². The second kappa shape index (κ2) is 7.13. The molecule has 0 aromatic heterocycles. The molecule has 0 aromatic carbocycles. The smallest absolute Gasteiger partial charge is 0.410 e. The van der Waals surface area contributed by atoms with Crippen LogP contribution < -0.4 is 5.32 Å². The summed E-state index contributed by atoms with van der Waals surface area (Å²) in [6, 6.07) is 2.28. The minimum atomic E-state index is -0.445. The van der Waals surface area contributed by atoms with Crippen LogP contribution in [0.3, 0.4) is 0 Å². The molecular formula is C16H29N3O2. The molecule has 1 N–H and O–H groups in total. The highest BCUT2D eigenvalue weighted by molar-refractivity contribution is 5.68. The summed E-state index contributed by atoms with van der Waals surface area (Å²) in [6.45, 7) is 12.5. The summed E-state index contributed by atoms with van der Waals surface area (Å²) in [5.41, 5.74) is -0.793. The summed E-state index contributed by atoms with van der Waals surface area (Å²) in [5.74, 6) is 0.431. The molecular weight excluding hydrogens is 266 g/mol. The Labute approximate surface area is 128 Å². The number of ether oxygens (including phenoxy) is 1. The predicted molar refractivity (Wildman–Crippen MR) is 82.8 cm³/mol. The summed E-state index contributed by atoms with van der Waals surface area (Å²) in [5, 5.41) is 12.3. The fourth-order valence-electron chi connectivity index (χ4n) is 2.35. The average Bonchev–Trinajstić information content (AvgIpc) is 2.37. The van der Waals surface area contributed by atoms with Crippen molar-refractivity contribution >= 4 is 6.09 Å². The van der Waals surface area contributed by atoms with Crippen LogP contribution in [0.5, 0.6) is 0 Å². The standard InChI is InChI=1S/C16H29N3O2/c1-15(2,3)21-14(20)19-8-6-7-13(10-19)9-18-12-16(4,5)11-17/h13,18H,6-10,12H2,1-5H3. The number of nitriles is 1. The number of nitrogens with one attached hydrogen (secondary N) is 1. The number of amides is 1. The lowest BCUT2D eigenvalue weighted by Crippen LogP contribution is -2.45. The van der Waals surface area contributed by atoms with Gasteiger partial charge in [0, 0.05) is 19.6 Å². The number of piperidine rings is 1. The Balaban J connectivity index is 2.39. The van der Waals surface area contributed by atoms with E-state index in [1.807, 2.05) is 34.6 Å². The van der Waals surface area contributed by atoms with E-state index in [-0.39, 0.29) is 11.5 Å². The molecule has 21 heavy (non-hydrogen) atoms. The van der Waals surface area contributed by atoms with Crippen LogP contribution in [0.25, 0.3) is 0 Å². The molecule has 0 bridgehead atoms. The molecule has 1 aliphatic heterocycles. The summed E-state index contributed by atoms with van der Waals surface area (Å²) in [7, 11) is 0. The van der Waals surface area contributed by atoms with E-state index >= 15 is 0 Å². The maximum Gasteiger partial charge on any atom is 0.410 e. The van der Waals surface area contributed by atoms with Gasteiger partial charge < -0.3 is 15.0 Å². The van der Waals surface area contributed by atoms with Crippen molar-refractivity contribution in [3.05, 3.63) is 0 Å². The molecule has 0 aromatic rings. The monoisotopic (exact) mass is 295 g/mol. The molecule has 0 radical (unpaired) electrons. The Morgan fingerprint density at radius 1 is 1.38 bits per heavy atom. The SMILES string of the molecule is CC(C)(C#N)CNCC1CCCN(C(=O)OC(C)(C)C)C1. The Bertz CT molecular complexity index is 393. The number of rotatable bonds is 4. The van der Waals surface area contributed by atoms with E-state index < -0.39 is 5.60 Å². The molecule has 1 amide bonds. The van der Waals surface area contributed by atoms with E-state index in [9.17, 15) is 4.79 Å². The lowest BCUT2D eigenvalue weighted by Gasteiger charge is -2.34. The highest BCUT2D eigenvalue weighted by atomic mass is 16.6. The van der Waals surface area contributed by atoms with E-state index in [2.05, 4.69) is 11.4 Å². The zero-order chi connectivity index (χ0) is 16.1. The van der Waals surface area contributed by atoms with Crippen LogP contribution in [0.15, 0.2) is 0 Å². The molecule has 1 saturated heterocycles. The number of carbonyl (C=O) groups excluding carboxylic acids is 1. The van der Waals surface area contributed by atoms with Gasteiger partial charge in [0.25, 0.3) is 0 Å². The van der Waals surface area contributed by atoms with Crippen molar-refractivity contribution in [1.82, 2.24) is 10.2 Å². The Morgan fingerprint density at radius 3 is 2.62 bits per heavy atom. The first-order valence-electron chi connectivity index (χ1n) is 7.73. The molecule has 0 saturated carbocycles. The van der Waals surface area contributed by atoms with Gasteiger partial charge in [-0.15, -0.1) is 0 Å². The zero-order valence-corrected chi connectivity index (χ0v) is 14.0. The number of carbonyl (C=O) groups is 1. The molecule has 1 atom stereocenters. The van der Waals surface area contributed by atoms with Crippen LogP contribution in [0.1, 0.15) is 47.5 Å². The lowest BCUT2D eigenvalue weighted by atomic mass is 9.94. The highest BCUT2D eigenvalue weighted by Gasteiger charge is 2.27. The molecule has 0 spiro atoms. The van der Waals surface area contributed by atoms with Crippen molar-refractivity contribution in [1.29, 1.82) is 5.26 Å². The highest BCUT2D eigenvalue weighted by Crippen LogP contribution is 2.19. The lowest BCUT2D eigenvalue weighted by molar-refractivity contribution is 0.0166. The normalized spacial score (nSPS) is 20.0. The van der Waals surface area contributed by atoms with Crippen molar-refractivity contribution in [3.63, 3.8) is 0 Å². The fraction of sp³-hybridized carbons (Fsp3) is 0.875. The zero-order valence-electron chi connectivity index (χ0n) is 14.0. The summed E-state index contributed by atoms with van der Waals surface area (Å²) < 4.78 is 5.43. The van der Waals surface area contributed by atoms with Gasteiger partial charge in [-0.2, -0.15) is 5.26 Å². The second-order valence-corrected chi connectivity index (χ2v) is 7.56. The van der Waals surface area contributed by atoms with Crippen molar-refractivity contribution in [2.45, 2.75) is 53.1 Å². The first-order valence-corrected chi connectivity index (χ1v) is 7.73. The van der Waals surface area contributed by atoms with Gasteiger partial charge in [-0.05, 0) is 59.9 Å². The number of hydrogen-bond donors (Lipinski definition) is 1. The Kier molecular flexibility index (Phi) is 6.03. The summed E-state index contributed by atoms with van der Waals surface area (Å²) >= 11 is 0. The predicted octanol–water partition coefficient (Wildman–Crippen LogP) is 2.77. The molecule has 1 unspecified atom stereocenters. The summed E-state index contributed by atoms with van der Waals surface area (Å²) in [6.07, 6.45) is 1.90. The van der Waals surface area contributed by atoms with Gasteiger partial charge in [-0.1, -0.05) is 0 Å². The van der Waals surface area contributed by atoms with E-state index in [1.54, 1.807) is 4.90 Å². The first kappa shape index (κ1) is 17.8. The fourth-order valence-corrected chi connectivity index (χ4v) is 2.35. The van der Waals surface area contributed by atoms with Gasteiger partial charge in [0.2, 0.25) is 0 Å². The molecule has 1 fully saturated rings. The third-order valence-electron chi connectivity index (χ3n) is 3.47. The molecule has 5 heteroatoms. The third kappa shape index (κ3) is 6.81. The van der Waals surface area contributed by atoms with Gasteiger partial charge in [-0.3, -0.25) is 0 Å².